The predicted octanol–water partition coefficient (Wildman–Crippen LogP) is 3.10. The summed E-state index contributed by atoms with van der Waals surface area (Å²) in [5.74, 6) is 0.217. The maximum absolute atomic E-state index is 11.7. The van der Waals surface area contributed by atoms with Crippen LogP contribution in [-0.4, -0.2) is 13.0 Å². The second-order valence-corrected chi connectivity index (χ2v) is 5.15. The van der Waals surface area contributed by atoms with Gasteiger partial charge in [0.2, 0.25) is 5.91 Å². The fourth-order valence-corrected chi connectivity index (χ4v) is 2.16. The van der Waals surface area contributed by atoms with Crippen molar-refractivity contribution in [3.63, 3.8) is 0 Å². The third-order valence-corrected chi connectivity index (χ3v) is 3.42. The Labute approximate surface area is 126 Å². The third-order valence-electron chi connectivity index (χ3n) is 2.89. The summed E-state index contributed by atoms with van der Waals surface area (Å²) in [6, 6.07) is 14.2. The van der Waals surface area contributed by atoms with E-state index in [1.54, 1.807) is 7.11 Å². The third kappa shape index (κ3) is 3.30. The maximum atomic E-state index is 11.7. The second-order valence-electron chi connectivity index (χ2n) is 4.23. The van der Waals surface area contributed by atoms with Crippen LogP contribution in [-0.2, 0) is 4.79 Å². The van der Waals surface area contributed by atoms with E-state index in [9.17, 15) is 4.79 Å². The molecular weight excluding hydrogens is 320 g/mol. The molecule has 1 amide bonds. The number of rotatable bonds is 5. The Balaban J connectivity index is 2.30. The molecule has 0 aliphatic rings. The molecule has 0 bridgehead atoms. The van der Waals surface area contributed by atoms with Crippen LogP contribution in [0.15, 0.2) is 53.0 Å². The normalized spacial score (nSPS) is 11.7. The fourth-order valence-electron chi connectivity index (χ4n) is 1.89. The number of carbonyl (C=O) groups excluding carboxylic acids is 1. The van der Waals surface area contributed by atoms with Gasteiger partial charge in [-0.15, -0.1) is 0 Å². The van der Waals surface area contributed by atoms with Gasteiger partial charge in [0, 0.05) is 4.47 Å². The lowest BCUT2D eigenvalue weighted by molar-refractivity contribution is -0.118. The summed E-state index contributed by atoms with van der Waals surface area (Å²) in [7, 11) is 1.58. The van der Waals surface area contributed by atoms with Gasteiger partial charge in [0.05, 0.1) is 12.8 Å². The van der Waals surface area contributed by atoms with Crippen molar-refractivity contribution in [1.82, 2.24) is 0 Å². The molecular formula is C15H15BrN2O2. The summed E-state index contributed by atoms with van der Waals surface area (Å²) in [6.45, 7) is 0. The number of nitrogens with one attached hydrogen (secondary N) is 1. The Morgan fingerprint density at radius 1 is 1.20 bits per heavy atom. The second kappa shape index (κ2) is 6.43. The highest BCUT2D eigenvalue weighted by atomic mass is 79.9. The Hall–Kier alpha value is -2.01. The average molecular weight is 335 g/mol. The molecule has 5 heteroatoms. The molecule has 4 nitrogen and oxygen atoms in total. The van der Waals surface area contributed by atoms with Gasteiger partial charge in [-0.2, -0.15) is 0 Å². The molecule has 0 aromatic heterocycles. The standard InChI is InChI=1S/C15H15BrN2O2/c1-20-13-5-3-2-4-12(13)18-14(15(17)19)10-6-8-11(16)9-7-10/h2-9,14,18H,1H3,(H2,17,19)/t14-/m1/s1. The van der Waals surface area contributed by atoms with E-state index < -0.39 is 11.9 Å². The van der Waals surface area contributed by atoms with Gasteiger partial charge in [0.15, 0.2) is 0 Å². The molecule has 0 unspecified atom stereocenters. The minimum Gasteiger partial charge on any atom is -0.495 e. The van der Waals surface area contributed by atoms with Gasteiger partial charge in [0.1, 0.15) is 11.8 Å². The van der Waals surface area contributed by atoms with E-state index in [-0.39, 0.29) is 0 Å². The van der Waals surface area contributed by atoms with E-state index in [1.165, 1.54) is 0 Å². The van der Waals surface area contributed by atoms with Crippen molar-refractivity contribution in [3.05, 3.63) is 58.6 Å². The number of para-hydroxylation sites is 2. The molecule has 0 radical (unpaired) electrons. The summed E-state index contributed by atoms with van der Waals surface area (Å²) < 4.78 is 6.20. The molecule has 0 saturated heterocycles. The molecule has 0 fully saturated rings. The van der Waals surface area contributed by atoms with Crippen LogP contribution in [0.2, 0.25) is 0 Å². The molecule has 0 aliphatic heterocycles. The van der Waals surface area contributed by atoms with E-state index in [0.717, 1.165) is 15.7 Å². The molecule has 1 atom stereocenters. The molecule has 0 aliphatic carbocycles. The quantitative estimate of drug-likeness (QED) is 0.883. The number of hydrogen-bond acceptors (Lipinski definition) is 3. The molecule has 3 N–H and O–H groups in total. The summed E-state index contributed by atoms with van der Waals surface area (Å²) in [5.41, 5.74) is 7.01. The summed E-state index contributed by atoms with van der Waals surface area (Å²) in [4.78, 5) is 11.7. The van der Waals surface area contributed by atoms with Crippen LogP contribution in [0, 0.1) is 0 Å². The van der Waals surface area contributed by atoms with Crippen LogP contribution >= 0.6 is 15.9 Å². The molecule has 2 aromatic rings. The van der Waals surface area contributed by atoms with E-state index in [0.29, 0.717) is 5.75 Å². The van der Waals surface area contributed by atoms with E-state index in [1.807, 2.05) is 48.5 Å². The van der Waals surface area contributed by atoms with Crippen LogP contribution < -0.4 is 15.8 Å². The van der Waals surface area contributed by atoms with Gasteiger partial charge < -0.3 is 15.8 Å². The zero-order valence-corrected chi connectivity index (χ0v) is 12.6. The Bertz CT molecular complexity index is 599. The van der Waals surface area contributed by atoms with Crippen LogP contribution in [0.25, 0.3) is 0 Å². The SMILES string of the molecule is COc1ccccc1N[C@@H](C(N)=O)c1ccc(Br)cc1. The predicted molar refractivity (Wildman–Crippen MR) is 82.7 cm³/mol. The van der Waals surface area contributed by atoms with Crippen molar-refractivity contribution in [2.24, 2.45) is 5.73 Å². The van der Waals surface area contributed by atoms with Gasteiger partial charge >= 0.3 is 0 Å². The van der Waals surface area contributed by atoms with Crippen molar-refractivity contribution in [2.75, 3.05) is 12.4 Å². The summed E-state index contributed by atoms with van der Waals surface area (Å²) in [6.07, 6.45) is 0. The first kappa shape index (κ1) is 14.4. The van der Waals surface area contributed by atoms with Crippen LogP contribution in [0.3, 0.4) is 0 Å². The smallest absolute Gasteiger partial charge is 0.244 e. The monoisotopic (exact) mass is 334 g/mol. The number of carbonyl (C=O) groups is 1. The first-order valence-corrected chi connectivity index (χ1v) is 6.85. The molecule has 0 saturated carbocycles. The molecule has 20 heavy (non-hydrogen) atoms. The number of primary amides is 1. The lowest BCUT2D eigenvalue weighted by Crippen LogP contribution is -2.27. The van der Waals surface area contributed by atoms with E-state index in [2.05, 4.69) is 21.2 Å². The summed E-state index contributed by atoms with van der Waals surface area (Å²) >= 11 is 3.36. The lowest BCUT2D eigenvalue weighted by atomic mass is 10.1. The zero-order valence-electron chi connectivity index (χ0n) is 11.0. The van der Waals surface area contributed by atoms with E-state index in [4.69, 9.17) is 10.5 Å². The topological polar surface area (TPSA) is 64.3 Å². The number of amides is 1. The Morgan fingerprint density at radius 3 is 2.45 bits per heavy atom. The lowest BCUT2D eigenvalue weighted by Gasteiger charge is -2.19. The van der Waals surface area contributed by atoms with Crippen molar-refractivity contribution in [2.45, 2.75) is 6.04 Å². The zero-order chi connectivity index (χ0) is 14.5. The van der Waals surface area contributed by atoms with Gasteiger partial charge in [0.25, 0.3) is 0 Å². The number of halogens is 1. The minimum atomic E-state index is -0.612. The molecule has 2 aromatic carbocycles. The van der Waals surface area contributed by atoms with Gasteiger partial charge in [-0.3, -0.25) is 4.79 Å². The van der Waals surface area contributed by atoms with Gasteiger partial charge in [-0.1, -0.05) is 40.2 Å². The molecule has 104 valence electrons. The number of benzene rings is 2. The molecule has 0 spiro atoms. The average Bonchev–Trinajstić information content (AvgIpc) is 2.46. The first-order chi connectivity index (χ1) is 9.61. The first-order valence-electron chi connectivity index (χ1n) is 6.06. The van der Waals surface area contributed by atoms with Crippen molar-refractivity contribution in [1.29, 1.82) is 0 Å². The van der Waals surface area contributed by atoms with Crippen LogP contribution in [0.5, 0.6) is 5.75 Å². The van der Waals surface area contributed by atoms with E-state index >= 15 is 0 Å². The highest BCUT2D eigenvalue weighted by molar-refractivity contribution is 9.10. The number of nitrogens with two attached hydrogens (primary N) is 1. The van der Waals surface area contributed by atoms with Gasteiger partial charge in [-0.25, -0.2) is 0 Å². The van der Waals surface area contributed by atoms with Crippen molar-refractivity contribution >= 4 is 27.5 Å². The number of anilines is 1. The van der Waals surface area contributed by atoms with Gasteiger partial charge in [-0.05, 0) is 29.8 Å². The molecule has 2 rings (SSSR count). The van der Waals surface area contributed by atoms with Crippen molar-refractivity contribution in [3.8, 4) is 5.75 Å². The highest BCUT2D eigenvalue weighted by Crippen LogP contribution is 2.28. The highest BCUT2D eigenvalue weighted by Gasteiger charge is 2.18. The largest absolute Gasteiger partial charge is 0.495 e. The summed E-state index contributed by atoms with van der Waals surface area (Å²) in [5, 5.41) is 3.12. The fraction of sp³-hybridized carbons (Fsp3) is 0.133. The number of hydrogen-bond donors (Lipinski definition) is 2. The molecule has 0 heterocycles. The maximum Gasteiger partial charge on any atom is 0.244 e. The number of methoxy groups -OCH3 is 1. The van der Waals surface area contributed by atoms with Crippen LogP contribution in [0.1, 0.15) is 11.6 Å². The van der Waals surface area contributed by atoms with Crippen LogP contribution in [0.4, 0.5) is 5.69 Å². The Morgan fingerprint density at radius 2 is 1.85 bits per heavy atom. The Kier molecular flexibility index (Phi) is 4.63. The minimum absolute atomic E-state index is 0.446. The van der Waals surface area contributed by atoms with Crippen molar-refractivity contribution < 1.29 is 9.53 Å². The number of ether oxygens (including phenoxy) is 1.